The van der Waals surface area contributed by atoms with Crippen LogP contribution in [0.25, 0.3) is 0 Å². The third-order valence-corrected chi connectivity index (χ3v) is 5.49. The molecule has 0 aliphatic carbocycles. The minimum absolute atomic E-state index is 0.356. The van der Waals surface area contributed by atoms with Crippen LogP contribution >= 0.6 is 0 Å². The number of aryl methyl sites for hydroxylation is 1. The smallest absolute Gasteiger partial charge is 0.191 e. The molecule has 6 nitrogen and oxygen atoms in total. The Kier molecular flexibility index (Phi) is 6.87. The Balaban J connectivity index is 1.62. The number of hydrogen-bond donors (Lipinski definition) is 2. The number of aromatic nitrogens is 2. The summed E-state index contributed by atoms with van der Waals surface area (Å²) in [6, 6.07) is 13.2. The lowest BCUT2D eigenvalue weighted by molar-refractivity contribution is 0.138. The standard InChI is InChI=1S/C21H32N6/c1-17-10-13-27(14-11-17)20(18-7-5-4-6-8-18)16-24-21(22-2)23-15-19-9-12-25-26(19)3/h4-9,12,17,20H,10-11,13-16H2,1-3H3,(H2,22,23,24). The molecule has 27 heavy (non-hydrogen) atoms. The summed E-state index contributed by atoms with van der Waals surface area (Å²) in [5.74, 6) is 1.65. The molecule has 1 saturated heterocycles. The highest BCUT2D eigenvalue weighted by Gasteiger charge is 2.24. The maximum absolute atomic E-state index is 4.39. The summed E-state index contributed by atoms with van der Waals surface area (Å²) in [7, 11) is 3.77. The van der Waals surface area contributed by atoms with E-state index < -0.39 is 0 Å². The van der Waals surface area contributed by atoms with Crippen molar-refractivity contribution in [1.82, 2.24) is 25.3 Å². The van der Waals surface area contributed by atoms with E-state index >= 15 is 0 Å². The van der Waals surface area contributed by atoms with Crippen molar-refractivity contribution in [2.45, 2.75) is 32.4 Å². The number of hydrogen-bond acceptors (Lipinski definition) is 3. The minimum Gasteiger partial charge on any atom is -0.354 e. The molecule has 146 valence electrons. The zero-order chi connectivity index (χ0) is 19.1. The molecular weight excluding hydrogens is 336 g/mol. The number of benzene rings is 1. The number of aliphatic imine (C=N–C) groups is 1. The highest BCUT2D eigenvalue weighted by atomic mass is 15.3. The number of nitrogens with zero attached hydrogens (tertiary/aromatic N) is 4. The fourth-order valence-corrected chi connectivity index (χ4v) is 3.64. The van der Waals surface area contributed by atoms with Crippen molar-refractivity contribution in [3.8, 4) is 0 Å². The molecule has 2 heterocycles. The molecule has 1 unspecified atom stereocenters. The molecule has 1 aliphatic rings. The molecule has 6 heteroatoms. The van der Waals surface area contributed by atoms with Crippen LogP contribution in [0.15, 0.2) is 47.6 Å². The molecule has 1 fully saturated rings. The number of guanidine groups is 1. The van der Waals surface area contributed by atoms with E-state index in [1.54, 1.807) is 0 Å². The SMILES string of the molecule is CN=C(NCc1ccnn1C)NCC(c1ccccc1)N1CCC(C)CC1. The summed E-state index contributed by atoms with van der Waals surface area (Å²) in [6.07, 6.45) is 4.36. The van der Waals surface area contributed by atoms with E-state index in [9.17, 15) is 0 Å². The van der Waals surface area contributed by atoms with Crippen molar-refractivity contribution in [3.05, 3.63) is 53.9 Å². The van der Waals surface area contributed by atoms with Gasteiger partial charge >= 0.3 is 0 Å². The molecule has 1 aromatic carbocycles. The quantitative estimate of drug-likeness (QED) is 0.608. The highest BCUT2D eigenvalue weighted by Crippen LogP contribution is 2.26. The molecule has 0 spiro atoms. The molecule has 3 rings (SSSR count). The largest absolute Gasteiger partial charge is 0.354 e. The van der Waals surface area contributed by atoms with Crippen molar-refractivity contribution in [1.29, 1.82) is 0 Å². The third kappa shape index (κ3) is 5.32. The number of likely N-dealkylation sites (tertiary alicyclic amines) is 1. The van der Waals surface area contributed by atoms with E-state index in [1.807, 2.05) is 31.0 Å². The van der Waals surface area contributed by atoms with Crippen LogP contribution in [0.5, 0.6) is 0 Å². The molecule has 1 atom stereocenters. The van der Waals surface area contributed by atoms with Crippen molar-refractivity contribution >= 4 is 5.96 Å². The molecule has 0 bridgehead atoms. The Bertz CT molecular complexity index is 715. The minimum atomic E-state index is 0.356. The van der Waals surface area contributed by atoms with Gasteiger partial charge < -0.3 is 10.6 Å². The Morgan fingerprint density at radius 1 is 1.19 bits per heavy atom. The van der Waals surface area contributed by atoms with Crippen LogP contribution < -0.4 is 10.6 Å². The first-order chi connectivity index (χ1) is 13.2. The average molecular weight is 369 g/mol. The van der Waals surface area contributed by atoms with Crippen molar-refractivity contribution in [2.24, 2.45) is 18.0 Å². The lowest BCUT2D eigenvalue weighted by Crippen LogP contribution is -2.45. The maximum atomic E-state index is 4.39. The Morgan fingerprint density at radius 2 is 1.93 bits per heavy atom. The molecular formula is C21H32N6. The van der Waals surface area contributed by atoms with E-state index in [1.165, 1.54) is 18.4 Å². The number of rotatable bonds is 6. The first kappa shape index (κ1) is 19.4. The van der Waals surface area contributed by atoms with Crippen molar-refractivity contribution in [3.63, 3.8) is 0 Å². The topological polar surface area (TPSA) is 57.5 Å². The second-order valence-corrected chi connectivity index (χ2v) is 7.40. The van der Waals surface area contributed by atoms with E-state index in [2.05, 4.69) is 62.9 Å². The van der Waals surface area contributed by atoms with E-state index in [0.717, 1.165) is 37.2 Å². The van der Waals surface area contributed by atoms with Gasteiger partial charge in [0.15, 0.2) is 5.96 Å². The molecule has 0 amide bonds. The zero-order valence-corrected chi connectivity index (χ0v) is 16.7. The number of piperidine rings is 1. The third-order valence-electron chi connectivity index (χ3n) is 5.49. The fourth-order valence-electron chi connectivity index (χ4n) is 3.64. The monoisotopic (exact) mass is 368 g/mol. The fraction of sp³-hybridized carbons (Fsp3) is 0.524. The van der Waals surface area contributed by atoms with Crippen molar-refractivity contribution in [2.75, 3.05) is 26.7 Å². The summed E-state index contributed by atoms with van der Waals surface area (Å²) >= 11 is 0. The van der Waals surface area contributed by atoms with Crippen LogP contribution in [0, 0.1) is 5.92 Å². The first-order valence-corrected chi connectivity index (χ1v) is 9.87. The van der Waals surface area contributed by atoms with Crippen LogP contribution in [0.3, 0.4) is 0 Å². The normalized spacial score (nSPS) is 17.7. The summed E-state index contributed by atoms with van der Waals surface area (Å²) in [5, 5.41) is 11.1. The molecule has 2 N–H and O–H groups in total. The van der Waals surface area contributed by atoms with E-state index in [-0.39, 0.29) is 0 Å². The molecule has 1 aromatic heterocycles. The molecule has 0 saturated carbocycles. The Labute approximate surface area is 162 Å². The van der Waals surface area contributed by atoms with Crippen LogP contribution in [0.4, 0.5) is 0 Å². The number of nitrogens with one attached hydrogen (secondary N) is 2. The molecule has 0 radical (unpaired) electrons. The summed E-state index contributed by atoms with van der Waals surface area (Å²) in [6.45, 7) is 6.21. The predicted octanol–water partition coefficient (Wildman–Crippen LogP) is 2.56. The average Bonchev–Trinajstić information content (AvgIpc) is 3.11. The second-order valence-electron chi connectivity index (χ2n) is 7.40. The summed E-state index contributed by atoms with van der Waals surface area (Å²) in [4.78, 5) is 6.99. The van der Waals surface area contributed by atoms with Gasteiger partial charge in [-0.05, 0) is 43.5 Å². The lowest BCUT2D eigenvalue weighted by Gasteiger charge is -2.37. The van der Waals surface area contributed by atoms with Gasteiger partial charge in [-0.25, -0.2) is 0 Å². The van der Waals surface area contributed by atoms with Crippen molar-refractivity contribution < 1.29 is 0 Å². The lowest BCUT2D eigenvalue weighted by atomic mass is 9.95. The van der Waals surface area contributed by atoms with Gasteiger partial charge in [0, 0.05) is 26.8 Å². The molecule has 2 aromatic rings. The van der Waals surface area contributed by atoms with Crippen LogP contribution in [-0.4, -0.2) is 47.3 Å². The van der Waals surface area contributed by atoms with Gasteiger partial charge in [0.1, 0.15) is 0 Å². The van der Waals surface area contributed by atoms with Gasteiger partial charge in [-0.2, -0.15) is 5.10 Å². The maximum Gasteiger partial charge on any atom is 0.191 e. The summed E-state index contributed by atoms with van der Waals surface area (Å²) < 4.78 is 1.88. The Morgan fingerprint density at radius 3 is 2.56 bits per heavy atom. The van der Waals surface area contributed by atoms with Gasteiger partial charge in [-0.15, -0.1) is 0 Å². The summed E-state index contributed by atoms with van der Waals surface area (Å²) in [5.41, 5.74) is 2.49. The highest BCUT2D eigenvalue weighted by molar-refractivity contribution is 5.79. The van der Waals surface area contributed by atoms with Gasteiger partial charge in [0.2, 0.25) is 0 Å². The van der Waals surface area contributed by atoms with Crippen LogP contribution in [0.1, 0.15) is 37.1 Å². The van der Waals surface area contributed by atoms with Gasteiger partial charge in [-0.1, -0.05) is 37.3 Å². The van der Waals surface area contributed by atoms with E-state index in [4.69, 9.17) is 0 Å². The van der Waals surface area contributed by atoms with Gasteiger partial charge in [0.25, 0.3) is 0 Å². The van der Waals surface area contributed by atoms with Gasteiger partial charge in [-0.3, -0.25) is 14.6 Å². The Hall–Kier alpha value is -2.34. The van der Waals surface area contributed by atoms with Crippen LogP contribution in [0.2, 0.25) is 0 Å². The zero-order valence-electron chi connectivity index (χ0n) is 16.7. The molecule has 1 aliphatic heterocycles. The van der Waals surface area contributed by atoms with Gasteiger partial charge in [0.05, 0.1) is 18.3 Å². The first-order valence-electron chi connectivity index (χ1n) is 9.87. The predicted molar refractivity (Wildman–Crippen MR) is 111 cm³/mol. The van der Waals surface area contributed by atoms with Crippen LogP contribution in [-0.2, 0) is 13.6 Å². The van der Waals surface area contributed by atoms with E-state index in [0.29, 0.717) is 12.6 Å². The second kappa shape index (κ2) is 9.55.